The van der Waals surface area contributed by atoms with Gasteiger partial charge in [0.05, 0.1) is 15.7 Å². The highest BCUT2D eigenvalue weighted by atomic mass is 32.2. The topological polar surface area (TPSA) is 74.7 Å². The van der Waals surface area contributed by atoms with Crippen LogP contribution in [-0.2, 0) is 9.84 Å². The first-order valence-corrected chi connectivity index (χ1v) is 7.71. The monoisotopic (exact) mass is 283 g/mol. The molecule has 1 aliphatic rings. The molecule has 0 unspecified atom stereocenters. The Morgan fingerprint density at radius 3 is 2.53 bits per heavy atom. The summed E-state index contributed by atoms with van der Waals surface area (Å²) in [7, 11) is -1.47. The molecule has 0 atom stereocenters. The minimum atomic E-state index is -3.43. The lowest BCUT2D eigenvalue weighted by molar-refractivity contribution is 0.0696. The summed E-state index contributed by atoms with van der Waals surface area (Å²) < 4.78 is 24.9. The fourth-order valence-corrected chi connectivity index (χ4v) is 4.07. The van der Waals surface area contributed by atoms with Gasteiger partial charge in [-0.2, -0.15) is 0 Å². The van der Waals surface area contributed by atoms with Gasteiger partial charge in [-0.25, -0.2) is 13.2 Å². The predicted octanol–water partition coefficient (Wildman–Crippen LogP) is 1.25. The van der Waals surface area contributed by atoms with Crippen LogP contribution in [-0.4, -0.2) is 49.8 Å². The van der Waals surface area contributed by atoms with Crippen molar-refractivity contribution < 1.29 is 18.3 Å². The van der Waals surface area contributed by atoms with E-state index < -0.39 is 21.1 Å². The first-order chi connectivity index (χ1) is 8.91. The molecular formula is C13H17NO4S. The summed E-state index contributed by atoms with van der Waals surface area (Å²) >= 11 is 0. The van der Waals surface area contributed by atoms with Gasteiger partial charge in [0.25, 0.3) is 0 Å². The van der Waals surface area contributed by atoms with Crippen molar-refractivity contribution in [2.24, 2.45) is 0 Å². The lowest BCUT2D eigenvalue weighted by atomic mass is 10.1. The van der Waals surface area contributed by atoms with E-state index in [1.807, 2.05) is 7.05 Å². The van der Waals surface area contributed by atoms with Gasteiger partial charge in [-0.1, -0.05) is 6.07 Å². The third-order valence-corrected chi connectivity index (χ3v) is 5.77. The molecule has 0 aromatic heterocycles. The number of rotatable bonds is 3. The maximum Gasteiger partial charge on any atom is 0.335 e. The molecule has 0 amide bonds. The molecule has 104 valence electrons. The molecule has 1 fully saturated rings. The molecule has 6 heteroatoms. The zero-order valence-electron chi connectivity index (χ0n) is 10.7. The second kappa shape index (κ2) is 5.30. The largest absolute Gasteiger partial charge is 0.478 e. The van der Waals surface area contributed by atoms with Gasteiger partial charge in [-0.3, -0.25) is 0 Å². The molecule has 1 N–H and O–H groups in total. The molecule has 0 spiro atoms. The second-order valence-electron chi connectivity index (χ2n) is 4.88. The van der Waals surface area contributed by atoms with E-state index in [2.05, 4.69) is 4.90 Å². The van der Waals surface area contributed by atoms with Gasteiger partial charge >= 0.3 is 5.97 Å². The normalized spacial score (nSPS) is 18.4. The molecule has 0 radical (unpaired) electrons. The summed E-state index contributed by atoms with van der Waals surface area (Å²) in [4.78, 5) is 13.1. The summed E-state index contributed by atoms with van der Waals surface area (Å²) in [5.74, 6) is -1.11. The smallest absolute Gasteiger partial charge is 0.335 e. The van der Waals surface area contributed by atoms with Crippen molar-refractivity contribution in [1.82, 2.24) is 4.90 Å². The number of nitrogens with zero attached hydrogens (tertiary/aromatic N) is 1. The number of sulfone groups is 1. The van der Waals surface area contributed by atoms with Crippen molar-refractivity contribution in [3.8, 4) is 0 Å². The van der Waals surface area contributed by atoms with Crippen LogP contribution in [0.2, 0.25) is 0 Å². The van der Waals surface area contributed by atoms with E-state index in [1.165, 1.54) is 24.3 Å². The molecule has 1 aromatic rings. The average molecular weight is 283 g/mol. The SMILES string of the molecule is CN1CCC(S(=O)(=O)c2cccc(C(=O)O)c2)CC1. The van der Waals surface area contributed by atoms with Crippen molar-refractivity contribution in [3.05, 3.63) is 29.8 Å². The van der Waals surface area contributed by atoms with E-state index in [0.29, 0.717) is 12.8 Å². The summed E-state index contributed by atoms with van der Waals surface area (Å²) in [5.41, 5.74) is 0.00834. The minimum Gasteiger partial charge on any atom is -0.478 e. The van der Waals surface area contributed by atoms with Crippen LogP contribution in [0.1, 0.15) is 23.2 Å². The molecule has 2 rings (SSSR count). The van der Waals surface area contributed by atoms with E-state index in [-0.39, 0.29) is 10.5 Å². The zero-order valence-corrected chi connectivity index (χ0v) is 11.6. The number of piperidine rings is 1. The third kappa shape index (κ3) is 2.96. The molecule has 1 aliphatic heterocycles. The number of hydrogen-bond acceptors (Lipinski definition) is 4. The van der Waals surface area contributed by atoms with E-state index in [1.54, 1.807) is 0 Å². The van der Waals surface area contributed by atoms with Gasteiger partial charge in [0, 0.05) is 0 Å². The van der Waals surface area contributed by atoms with Crippen LogP contribution in [0.15, 0.2) is 29.2 Å². The number of hydrogen-bond donors (Lipinski definition) is 1. The number of carboxylic acids is 1. The Bertz CT molecular complexity index is 574. The van der Waals surface area contributed by atoms with E-state index in [4.69, 9.17) is 5.11 Å². The van der Waals surface area contributed by atoms with Gasteiger partial charge in [-0.05, 0) is 51.2 Å². The summed E-state index contributed by atoms with van der Waals surface area (Å²) in [6.07, 6.45) is 1.19. The van der Waals surface area contributed by atoms with E-state index in [0.717, 1.165) is 13.1 Å². The Kier molecular flexibility index (Phi) is 3.91. The second-order valence-corrected chi connectivity index (χ2v) is 7.11. The summed E-state index contributed by atoms with van der Waals surface area (Å²) in [6.45, 7) is 1.50. The van der Waals surface area contributed by atoms with E-state index in [9.17, 15) is 13.2 Å². The maximum atomic E-state index is 12.5. The van der Waals surface area contributed by atoms with Crippen LogP contribution in [0.5, 0.6) is 0 Å². The van der Waals surface area contributed by atoms with E-state index >= 15 is 0 Å². The van der Waals surface area contributed by atoms with Crippen LogP contribution >= 0.6 is 0 Å². The zero-order chi connectivity index (χ0) is 14.0. The van der Waals surface area contributed by atoms with Crippen molar-refractivity contribution in [2.45, 2.75) is 23.0 Å². The molecule has 1 saturated heterocycles. The molecule has 1 heterocycles. The highest BCUT2D eigenvalue weighted by Gasteiger charge is 2.30. The first kappa shape index (κ1) is 14.0. The van der Waals surface area contributed by atoms with Crippen molar-refractivity contribution in [2.75, 3.05) is 20.1 Å². The summed E-state index contributed by atoms with van der Waals surface area (Å²) in [6, 6.07) is 5.59. The maximum absolute atomic E-state index is 12.5. The number of carboxylic acid groups (broad SMARTS) is 1. The summed E-state index contributed by atoms with van der Waals surface area (Å²) in [5, 5.41) is 8.51. The fraction of sp³-hybridized carbons (Fsp3) is 0.462. The highest BCUT2D eigenvalue weighted by molar-refractivity contribution is 7.92. The number of aromatic carboxylic acids is 1. The number of carbonyl (C=O) groups is 1. The molecule has 1 aromatic carbocycles. The standard InChI is InChI=1S/C13H17NO4S/c1-14-7-5-11(6-8-14)19(17,18)12-4-2-3-10(9-12)13(15)16/h2-4,9,11H,5-8H2,1H3,(H,15,16). The lowest BCUT2D eigenvalue weighted by Gasteiger charge is -2.28. The van der Waals surface area contributed by atoms with Crippen LogP contribution in [0, 0.1) is 0 Å². The Morgan fingerprint density at radius 2 is 1.95 bits per heavy atom. The van der Waals surface area contributed by atoms with Crippen LogP contribution < -0.4 is 0 Å². The van der Waals surface area contributed by atoms with Crippen molar-refractivity contribution in [3.63, 3.8) is 0 Å². The molecule has 0 aliphatic carbocycles. The lowest BCUT2D eigenvalue weighted by Crippen LogP contribution is -2.37. The Hall–Kier alpha value is -1.40. The van der Waals surface area contributed by atoms with Gasteiger partial charge in [0.1, 0.15) is 0 Å². The molecule has 5 nitrogen and oxygen atoms in total. The Labute approximate surface area is 112 Å². The quantitative estimate of drug-likeness (QED) is 0.903. The predicted molar refractivity (Wildman–Crippen MR) is 71.1 cm³/mol. The molecule has 0 bridgehead atoms. The van der Waals surface area contributed by atoms with Gasteiger partial charge < -0.3 is 10.0 Å². The minimum absolute atomic E-state index is 0.00834. The van der Waals surface area contributed by atoms with Gasteiger partial charge in [0.15, 0.2) is 9.84 Å². The van der Waals surface area contributed by atoms with Gasteiger partial charge in [0.2, 0.25) is 0 Å². The van der Waals surface area contributed by atoms with Crippen molar-refractivity contribution >= 4 is 15.8 Å². The van der Waals surface area contributed by atoms with Crippen LogP contribution in [0.4, 0.5) is 0 Å². The molecule has 19 heavy (non-hydrogen) atoms. The van der Waals surface area contributed by atoms with Crippen LogP contribution in [0.25, 0.3) is 0 Å². The first-order valence-electron chi connectivity index (χ1n) is 6.17. The Morgan fingerprint density at radius 1 is 1.32 bits per heavy atom. The molecule has 0 saturated carbocycles. The van der Waals surface area contributed by atoms with Crippen LogP contribution in [0.3, 0.4) is 0 Å². The third-order valence-electron chi connectivity index (χ3n) is 3.51. The fourth-order valence-electron chi connectivity index (χ4n) is 2.29. The average Bonchev–Trinajstić information content (AvgIpc) is 2.39. The number of benzene rings is 1. The highest BCUT2D eigenvalue weighted by Crippen LogP contribution is 2.24. The van der Waals surface area contributed by atoms with Gasteiger partial charge in [-0.15, -0.1) is 0 Å². The Balaban J connectivity index is 2.29. The van der Waals surface area contributed by atoms with Crippen molar-refractivity contribution in [1.29, 1.82) is 0 Å². The number of likely N-dealkylation sites (tertiary alicyclic amines) is 1. The molecular weight excluding hydrogens is 266 g/mol.